The zero-order chi connectivity index (χ0) is 13.5. The van der Waals surface area contributed by atoms with Gasteiger partial charge in [-0.25, -0.2) is 0 Å². The van der Waals surface area contributed by atoms with Crippen LogP contribution in [0.1, 0.15) is 6.42 Å². The molecule has 1 aromatic rings. The standard InChI is InChI=1S/C13H18N2O3/c1-14(2)10-12(16)15(9-8-13(17)18)11-6-4-3-5-7-11/h3-7H,8-10H2,1-2H3,(H,17,18). The Balaban J connectivity index is 2.81. The van der Waals surface area contributed by atoms with Gasteiger partial charge in [-0.1, -0.05) is 18.2 Å². The van der Waals surface area contributed by atoms with Crippen LogP contribution in [0.5, 0.6) is 0 Å². The van der Waals surface area contributed by atoms with Crippen LogP contribution >= 0.6 is 0 Å². The Morgan fingerprint density at radius 3 is 2.28 bits per heavy atom. The van der Waals surface area contributed by atoms with Crippen molar-refractivity contribution in [1.29, 1.82) is 0 Å². The molecule has 0 saturated carbocycles. The third-order valence-corrected chi connectivity index (χ3v) is 2.37. The zero-order valence-corrected chi connectivity index (χ0v) is 10.7. The van der Waals surface area contributed by atoms with Gasteiger partial charge in [-0.3, -0.25) is 9.59 Å². The summed E-state index contributed by atoms with van der Waals surface area (Å²) in [5.74, 6) is -1.01. The van der Waals surface area contributed by atoms with Gasteiger partial charge in [0.15, 0.2) is 0 Å². The molecule has 5 heteroatoms. The van der Waals surface area contributed by atoms with E-state index in [0.29, 0.717) is 0 Å². The van der Waals surface area contributed by atoms with Crippen molar-refractivity contribution in [1.82, 2.24) is 4.90 Å². The minimum absolute atomic E-state index is 0.0614. The average molecular weight is 250 g/mol. The Morgan fingerprint density at radius 1 is 1.17 bits per heavy atom. The molecule has 1 amide bonds. The molecule has 0 heterocycles. The predicted molar refractivity (Wildman–Crippen MR) is 69.6 cm³/mol. The summed E-state index contributed by atoms with van der Waals surface area (Å²) in [6, 6.07) is 9.11. The fourth-order valence-corrected chi connectivity index (χ4v) is 1.57. The van der Waals surface area contributed by atoms with Crippen LogP contribution in [-0.2, 0) is 9.59 Å². The Labute approximate surface area is 107 Å². The lowest BCUT2D eigenvalue weighted by Crippen LogP contribution is -2.39. The molecule has 0 saturated heterocycles. The molecular weight excluding hydrogens is 232 g/mol. The Bertz CT molecular complexity index is 404. The number of likely N-dealkylation sites (N-methyl/N-ethyl adjacent to an activating group) is 1. The number of hydrogen-bond donors (Lipinski definition) is 1. The van der Waals surface area contributed by atoms with Gasteiger partial charge in [0.25, 0.3) is 0 Å². The molecule has 1 rings (SSSR count). The summed E-state index contributed by atoms with van der Waals surface area (Å²) >= 11 is 0. The van der Waals surface area contributed by atoms with E-state index >= 15 is 0 Å². The van der Waals surface area contributed by atoms with Crippen LogP contribution in [0.15, 0.2) is 30.3 Å². The van der Waals surface area contributed by atoms with Crippen molar-refractivity contribution in [3.8, 4) is 0 Å². The van der Waals surface area contributed by atoms with Gasteiger partial charge in [0.05, 0.1) is 13.0 Å². The van der Waals surface area contributed by atoms with Gasteiger partial charge < -0.3 is 14.9 Å². The maximum atomic E-state index is 12.1. The van der Waals surface area contributed by atoms with Crippen LogP contribution in [0.25, 0.3) is 0 Å². The summed E-state index contributed by atoms with van der Waals surface area (Å²) in [6.07, 6.45) is -0.0614. The number of carboxylic acid groups (broad SMARTS) is 1. The normalized spacial score (nSPS) is 10.4. The minimum Gasteiger partial charge on any atom is -0.481 e. The van der Waals surface area contributed by atoms with Gasteiger partial charge in [0.2, 0.25) is 5.91 Å². The molecule has 0 atom stereocenters. The molecule has 98 valence electrons. The average Bonchev–Trinajstić information content (AvgIpc) is 2.29. The first-order chi connectivity index (χ1) is 8.50. The first-order valence-electron chi connectivity index (χ1n) is 5.72. The summed E-state index contributed by atoms with van der Waals surface area (Å²) in [5, 5.41) is 8.72. The molecule has 0 aromatic heterocycles. The molecule has 0 spiro atoms. The number of anilines is 1. The topological polar surface area (TPSA) is 60.9 Å². The summed E-state index contributed by atoms with van der Waals surface area (Å²) < 4.78 is 0. The number of benzene rings is 1. The quantitative estimate of drug-likeness (QED) is 0.820. The highest BCUT2D eigenvalue weighted by Crippen LogP contribution is 2.14. The molecule has 0 bridgehead atoms. The van der Waals surface area contributed by atoms with E-state index in [9.17, 15) is 9.59 Å². The summed E-state index contributed by atoms with van der Waals surface area (Å²) in [4.78, 5) is 26.0. The first-order valence-corrected chi connectivity index (χ1v) is 5.72. The molecule has 0 fully saturated rings. The summed E-state index contributed by atoms with van der Waals surface area (Å²) in [7, 11) is 3.61. The molecular formula is C13H18N2O3. The van der Waals surface area contributed by atoms with Crippen LogP contribution in [-0.4, -0.2) is 49.1 Å². The monoisotopic (exact) mass is 250 g/mol. The van der Waals surface area contributed by atoms with E-state index < -0.39 is 5.97 Å². The number of hydrogen-bond acceptors (Lipinski definition) is 3. The molecule has 0 aliphatic carbocycles. The number of aliphatic carboxylic acids is 1. The highest BCUT2D eigenvalue weighted by molar-refractivity contribution is 5.95. The molecule has 18 heavy (non-hydrogen) atoms. The number of amides is 1. The predicted octanol–water partition coefficient (Wildman–Crippen LogP) is 1.06. The van der Waals surface area contributed by atoms with E-state index in [1.165, 1.54) is 4.90 Å². The molecule has 0 unspecified atom stereocenters. The van der Waals surface area contributed by atoms with Crippen molar-refractivity contribution in [3.63, 3.8) is 0 Å². The molecule has 5 nitrogen and oxygen atoms in total. The second-order valence-electron chi connectivity index (χ2n) is 4.26. The molecule has 1 N–H and O–H groups in total. The van der Waals surface area contributed by atoms with E-state index in [4.69, 9.17) is 5.11 Å². The van der Waals surface area contributed by atoms with E-state index in [-0.39, 0.29) is 25.4 Å². The smallest absolute Gasteiger partial charge is 0.305 e. The van der Waals surface area contributed by atoms with Gasteiger partial charge in [0.1, 0.15) is 0 Å². The second-order valence-corrected chi connectivity index (χ2v) is 4.26. The summed E-state index contributed by atoms with van der Waals surface area (Å²) in [5.41, 5.74) is 0.727. The number of rotatable bonds is 6. The Kier molecular flexibility index (Phi) is 5.32. The Morgan fingerprint density at radius 2 is 1.78 bits per heavy atom. The van der Waals surface area contributed by atoms with E-state index in [1.807, 2.05) is 18.2 Å². The fraction of sp³-hybridized carbons (Fsp3) is 0.385. The van der Waals surface area contributed by atoms with Gasteiger partial charge >= 0.3 is 5.97 Å². The lowest BCUT2D eigenvalue weighted by Gasteiger charge is -2.23. The lowest BCUT2D eigenvalue weighted by atomic mass is 10.2. The SMILES string of the molecule is CN(C)CC(=O)N(CCC(=O)O)c1ccccc1. The van der Waals surface area contributed by atoms with Crippen LogP contribution in [0.3, 0.4) is 0 Å². The third kappa shape index (κ3) is 4.55. The molecule has 0 aliphatic heterocycles. The van der Waals surface area contributed by atoms with E-state index in [2.05, 4.69) is 0 Å². The number of nitrogens with zero attached hydrogens (tertiary/aromatic N) is 2. The van der Waals surface area contributed by atoms with Gasteiger partial charge in [-0.05, 0) is 26.2 Å². The number of carbonyl (C=O) groups excluding carboxylic acids is 1. The van der Waals surface area contributed by atoms with Crippen molar-refractivity contribution in [2.75, 3.05) is 32.1 Å². The van der Waals surface area contributed by atoms with E-state index in [0.717, 1.165) is 5.69 Å². The van der Waals surface area contributed by atoms with Crippen molar-refractivity contribution in [3.05, 3.63) is 30.3 Å². The van der Waals surface area contributed by atoms with Gasteiger partial charge in [-0.15, -0.1) is 0 Å². The van der Waals surface area contributed by atoms with E-state index in [1.54, 1.807) is 31.1 Å². The van der Waals surface area contributed by atoms with Crippen LogP contribution in [0, 0.1) is 0 Å². The third-order valence-electron chi connectivity index (χ3n) is 2.37. The maximum Gasteiger partial charge on any atom is 0.305 e. The number of carboxylic acids is 1. The fourth-order valence-electron chi connectivity index (χ4n) is 1.57. The maximum absolute atomic E-state index is 12.1. The van der Waals surface area contributed by atoms with Crippen LogP contribution in [0.2, 0.25) is 0 Å². The van der Waals surface area contributed by atoms with Crippen LogP contribution < -0.4 is 4.90 Å². The summed E-state index contributed by atoms with van der Waals surface area (Å²) in [6.45, 7) is 0.445. The number of para-hydroxylation sites is 1. The Hall–Kier alpha value is -1.88. The largest absolute Gasteiger partial charge is 0.481 e. The zero-order valence-electron chi connectivity index (χ0n) is 10.7. The van der Waals surface area contributed by atoms with Crippen molar-refractivity contribution >= 4 is 17.6 Å². The minimum atomic E-state index is -0.909. The van der Waals surface area contributed by atoms with Crippen molar-refractivity contribution in [2.45, 2.75) is 6.42 Å². The molecule has 0 aliphatic rings. The van der Waals surface area contributed by atoms with Crippen molar-refractivity contribution in [2.24, 2.45) is 0 Å². The van der Waals surface area contributed by atoms with Crippen molar-refractivity contribution < 1.29 is 14.7 Å². The molecule has 1 aromatic carbocycles. The highest BCUT2D eigenvalue weighted by Gasteiger charge is 2.16. The highest BCUT2D eigenvalue weighted by atomic mass is 16.4. The first kappa shape index (κ1) is 14.2. The number of carbonyl (C=O) groups is 2. The van der Waals surface area contributed by atoms with Gasteiger partial charge in [0, 0.05) is 12.2 Å². The van der Waals surface area contributed by atoms with Gasteiger partial charge in [-0.2, -0.15) is 0 Å². The van der Waals surface area contributed by atoms with Crippen LogP contribution in [0.4, 0.5) is 5.69 Å². The molecule has 0 radical (unpaired) electrons. The lowest BCUT2D eigenvalue weighted by molar-refractivity contribution is -0.136. The second kappa shape index (κ2) is 6.76.